The van der Waals surface area contributed by atoms with Crippen molar-refractivity contribution in [1.82, 2.24) is 9.78 Å². The molecule has 1 aromatic heterocycles. The third-order valence-electron chi connectivity index (χ3n) is 2.45. The zero-order valence-corrected chi connectivity index (χ0v) is 7.93. The maximum absolute atomic E-state index is 8.39. The molecule has 0 saturated heterocycles. The minimum absolute atomic E-state index is 0.252. The average molecular weight is 194 g/mol. The second-order valence-electron chi connectivity index (χ2n) is 3.59. The summed E-state index contributed by atoms with van der Waals surface area (Å²) in [6.45, 7) is 0.689. The first kappa shape index (κ1) is 9.05. The van der Waals surface area contributed by atoms with Crippen molar-refractivity contribution in [3.63, 3.8) is 0 Å². The van der Waals surface area contributed by atoms with Crippen LogP contribution in [0.3, 0.4) is 0 Å². The molecule has 0 atom stereocenters. The second kappa shape index (κ2) is 3.69. The molecule has 0 spiro atoms. The topological polar surface area (TPSA) is 76.4 Å². The highest BCUT2D eigenvalue weighted by atomic mass is 16.4. The van der Waals surface area contributed by atoms with Crippen LogP contribution < -0.4 is 5.73 Å². The first-order valence-electron chi connectivity index (χ1n) is 4.79. The Labute approximate surface area is 82.2 Å². The summed E-state index contributed by atoms with van der Waals surface area (Å²) < 4.78 is 1.94. The molecular formula is C9H14N4O. The van der Waals surface area contributed by atoms with E-state index >= 15 is 0 Å². The summed E-state index contributed by atoms with van der Waals surface area (Å²) in [6.07, 6.45) is 4.86. The maximum Gasteiger partial charge on any atom is 0.140 e. The summed E-state index contributed by atoms with van der Waals surface area (Å²) in [7, 11) is 0. The highest BCUT2D eigenvalue weighted by Crippen LogP contribution is 2.39. The van der Waals surface area contributed by atoms with Gasteiger partial charge in [0, 0.05) is 30.8 Å². The van der Waals surface area contributed by atoms with Crippen LogP contribution in [-0.4, -0.2) is 20.8 Å². The van der Waals surface area contributed by atoms with Gasteiger partial charge in [-0.2, -0.15) is 5.10 Å². The van der Waals surface area contributed by atoms with Gasteiger partial charge in [0.25, 0.3) is 0 Å². The first-order chi connectivity index (χ1) is 6.81. The summed E-state index contributed by atoms with van der Waals surface area (Å²) >= 11 is 0. The van der Waals surface area contributed by atoms with Crippen LogP contribution in [-0.2, 0) is 6.54 Å². The van der Waals surface area contributed by atoms with Gasteiger partial charge in [0.15, 0.2) is 0 Å². The highest BCUT2D eigenvalue weighted by molar-refractivity contribution is 5.79. The number of amidine groups is 1. The molecule has 1 fully saturated rings. The Kier molecular flexibility index (Phi) is 2.39. The van der Waals surface area contributed by atoms with Gasteiger partial charge in [-0.1, -0.05) is 5.16 Å². The lowest BCUT2D eigenvalue weighted by atomic mass is 10.3. The fraction of sp³-hybridized carbons (Fsp3) is 0.556. The standard InChI is InChI=1S/C9H14N4O/c10-9(12-14)4-6-13-8(3-5-11-13)7-1-2-7/h3,5,7,14H,1-2,4,6H2,(H2,10,12). The minimum atomic E-state index is 0.252. The molecule has 0 amide bonds. The molecule has 0 aliphatic heterocycles. The Hall–Kier alpha value is -1.52. The molecule has 0 bridgehead atoms. The number of oxime groups is 1. The number of rotatable bonds is 4. The van der Waals surface area contributed by atoms with E-state index in [2.05, 4.69) is 10.3 Å². The third kappa shape index (κ3) is 1.86. The fourth-order valence-electron chi connectivity index (χ4n) is 1.53. The highest BCUT2D eigenvalue weighted by Gasteiger charge is 2.26. The van der Waals surface area contributed by atoms with Crippen molar-refractivity contribution in [1.29, 1.82) is 0 Å². The first-order valence-corrected chi connectivity index (χ1v) is 4.79. The number of nitrogens with two attached hydrogens (primary N) is 1. The largest absolute Gasteiger partial charge is 0.409 e. The lowest BCUT2D eigenvalue weighted by Crippen LogP contribution is -2.16. The van der Waals surface area contributed by atoms with Crippen LogP contribution in [0.4, 0.5) is 0 Å². The van der Waals surface area contributed by atoms with Crippen LogP contribution in [0, 0.1) is 0 Å². The zero-order valence-electron chi connectivity index (χ0n) is 7.93. The van der Waals surface area contributed by atoms with Crippen molar-refractivity contribution in [2.75, 3.05) is 0 Å². The quantitative estimate of drug-likeness (QED) is 0.323. The van der Waals surface area contributed by atoms with E-state index in [1.54, 1.807) is 6.20 Å². The Bertz CT molecular complexity index is 340. The van der Waals surface area contributed by atoms with E-state index in [1.165, 1.54) is 18.5 Å². The van der Waals surface area contributed by atoms with E-state index in [0.29, 0.717) is 18.9 Å². The summed E-state index contributed by atoms with van der Waals surface area (Å²) in [5.41, 5.74) is 6.66. The summed E-state index contributed by atoms with van der Waals surface area (Å²) in [4.78, 5) is 0. The van der Waals surface area contributed by atoms with Gasteiger partial charge >= 0.3 is 0 Å². The minimum Gasteiger partial charge on any atom is -0.409 e. The monoisotopic (exact) mass is 194 g/mol. The molecule has 3 N–H and O–H groups in total. The van der Waals surface area contributed by atoms with E-state index in [-0.39, 0.29) is 5.84 Å². The van der Waals surface area contributed by atoms with Crippen molar-refractivity contribution in [3.05, 3.63) is 18.0 Å². The molecule has 1 aliphatic rings. The van der Waals surface area contributed by atoms with E-state index in [9.17, 15) is 0 Å². The molecule has 5 heteroatoms. The predicted octanol–water partition coefficient (Wildman–Crippen LogP) is 0.897. The molecule has 0 unspecified atom stereocenters. The van der Waals surface area contributed by atoms with Gasteiger partial charge in [0.05, 0.1) is 0 Å². The molecule has 2 rings (SSSR count). The van der Waals surface area contributed by atoms with Crippen molar-refractivity contribution < 1.29 is 5.21 Å². The van der Waals surface area contributed by atoms with Crippen molar-refractivity contribution >= 4 is 5.84 Å². The van der Waals surface area contributed by atoms with E-state index in [0.717, 1.165) is 0 Å². The van der Waals surface area contributed by atoms with E-state index < -0.39 is 0 Å². The fourth-order valence-corrected chi connectivity index (χ4v) is 1.53. The molecule has 14 heavy (non-hydrogen) atoms. The Balaban J connectivity index is 1.98. The Morgan fingerprint density at radius 1 is 1.71 bits per heavy atom. The van der Waals surface area contributed by atoms with Gasteiger partial charge in [-0.05, 0) is 18.9 Å². The van der Waals surface area contributed by atoms with Gasteiger partial charge in [-0.3, -0.25) is 4.68 Å². The van der Waals surface area contributed by atoms with E-state index in [1.807, 2.05) is 10.7 Å². The van der Waals surface area contributed by atoms with Gasteiger partial charge in [0.1, 0.15) is 5.84 Å². The van der Waals surface area contributed by atoms with Gasteiger partial charge in [-0.25, -0.2) is 0 Å². The summed E-state index contributed by atoms with van der Waals surface area (Å²) in [5, 5.41) is 15.5. The smallest absolute Gasteiger partial charge is 0.140 e. The molecule has 76 valence electrons. The Morgan fingerprint density at radius 2 is 2.50 bits per heavy atom. The molecular weight excluding hydrogens is 180 g/mol. The van der Waals surface area contributed by atoms with Crippen LogP contribution >= 0.6 is 0 Å². The number of aryl methyl sites for hydroxylation is 1. The SMILES string of the molecule is N/C(CCn1nccc1C1CC1)=N\O. The van der Waals surface area contributed by atoms with E-state index in [4.69, 9.17) is 10.9 Å². The molecule has 0 aromatic carbocycles. The van der Waals surface area contributed by atoms with Crippen LogP contribution in [0.15, 0.2) is 17.4 Å². The van der Waals surface area contributed by atoms with Gasteiger partial charge in [0.2, 0.25) is 0 Å². The number of aromatic nitrogens is 2. The lowest BCUT2D eigenvalue weighted by Gasteiger charge is -2.05. The molecule has 1 aromatic rings. The summed E-state index contributed by atoms with van der Waals surface area (Å²) in [5.74, 6) is 0.937. The second-order valence-corrected chi connectivity index (χ2v) is 3.59. The summed E-state index contributed by atoms with van der Waals surface area (Å²) in [6, 6.07) is 2.05. The average Bonchev–Trinajstić information content (AvgIpc) is 2.94. The number of hydrogen-bond acceptors (Lipinski definition) is 3. The van der Waals surface area contributed by atoms with Crippen molar-refractivity contribution in [2.45, 2.75) is 31.7 Å². The number of nitrogens with zero attached hydrogens (tertiary/aromatic N) is 3. The normalized spacial score (nSPS) is 17.3. The molecule has 1 aliphatic carbocycles. The molecule has 5 nitrogen and oxygen atoms in total. The third-order valence-corrected chi connectivity index (χ3v) is 2.45. The van der Waals surface area contributed by atoms with Crippen molar-refractivity contribution in [3.8, 4) is 0 Å². The maximum atomic E-state index is 8.39. The van der Waals surface area contributed by atoms with Crippen LogP contribution in [0.25, 0.3) is 0 Å². The van der Waals surface area contributed by atoms with Crippen LogP contribution in [0.2, 0.25) is 0 Å². The molecule has 0 radical (unpaired) electrons. The predicted molar refractivity (Wildman–Crippen MR) is 52.2 cm³/mol. The van der Waals surface area contributed by atoms with Crippen LogP contribution in [0.1, 0.15) is 30.9 Å². The zero-order chi connectivity index (χ0) is 9.97. The van der Waals surface area contributed by atoms with Crippen LogP contribution in [0.5, 0.6) is 0 Å². The molecule has 1 heterocycles. The van der Waals surface area contributed by atoms with Crippen molar-refractivity contribution in [2.24, 2.45) is 10.9 Å². The van der Waals surface area contributed by atoms with Gasteiger partial charge < -0.3 is 10.9 Å². The lowest BCUT2D eigenvalue weighted by molar-refractivity contribution is 0.316. The Morgan fingerprint density at radius 3 is 3.14 bits per heavy atom. The molecule has 1 saturated carbocycles. The van der Waals surface area contributed by atoms with Gasteiger partial charge in [-0.15, -0.1) is 0 Å². The number of hydrogen-bond donors (Lipinski definition) is 2.